The Bertz CT molecular complexity index is 974. The van der Waals surface area contributed by atoms with Crippen molar-refractivity contribution >= 4 is 24.2 Å². The number of nitrogens with one attached hydrogen (secondary N) is 2. The molecule has 4 unspecified atom stereocenters. The van der Waals surface area contributed by atoms with Crippen LogP contribution in [0.25, 0.3) is 0 Å². The fourth-order valence-electron chi connectivity index (χ4n) is 7.09. The fourth-order valence-corrected chi connectivity index (χ4v) is 7.17. The van der Waals surface area contributed by atoms with Gasteiger partial charge in [0.1, 0.15) is 12.1 Å². The predicted molar refractivity (Wildman–Crippen MR) is 158 cm³/mol. The first-order chi connectivity index (χ1) is 18.4. The Hall–Kier alpha value is -1.36. The first-order valence-corrected chi connectivity index (χ1v) is 15.1. The van der Waals surface area contributed by atoms with Crippen LogP contribution >= 0.6 is 12.6 Å². The lowest BCUT2D eigenvalue weighted by molar-refractivity contribution is -0.187. The number of benzene rings is 1. The van der Waals surface area contributed by atoms with Crippen molar-refractivity contribution in [1.82, 2.24) is 15.3 Å². The normalized spacial score (nSPS) is 33.4. The van der Waals surface area contributed by atoms with E-state index in [1.165, 1.54) is 6.42 Å². The summed E-state index contributed by atoms with van der Waals surface area (Å²) in [5.41, 5.74) is 2.14. The zero-order chi connectivity index (χ0) is 28.5. The maximum atomic E-state index is 14.0. The van der Waals surface area contributed by atoms with E-state index in [4.69, 9.17) is 9.57 Å². The van der Waals surface area contributed by atoms with Gasteiger partial charge in [-0.3, -0.25) is 9.63 Å². The van der Waals surface area contributed by atoms with Gasteiger partial charge < -0.3 is 25.4 Å². The van der Waals surface area contributed by atoms with E-state index in [1.807, 2.05) is 19.1 Å². The number of rotatable bonds is 12. The average Bonchev–Trinajstić information content (AvgIpc) is 3.22. The number of hydroxylamine groups is 2. The molecule has 0 spiro atoms. The highest BCUT2D eigenvalue weighted by Gasteiger charge is 2.57. The molecule has 4 fully saturated rings. The number of aliphatic hydroxyl groups excluding tert-OH is 1. The zero-order valence-electron chi connectivity index (χ0n) is 24.8. The van der Waals surface area contributed by atoms with Crippen LogP contribution in [0.1, 0.15) is 53.0 Å². The number of anilines is 1. The molecule has 220 valence electrons. The van der Waals surface area contributed by atoms with Crippen molar-refractivity contribution in [1.29, 1.82) is 0 Å². The lowest BCUT2D eigenvalue weighted by atomic mass is 9.45. The van der Waals surface area contributed by atoms with Crippen LogP contribution in [0.3, 0.4) is 0 Å². The number of nitrogens with zero attached hydrogens (tertiary/aromatic N) is 2. The topological polar surface area (TPSA) is 86.3 Å². The van der Waals surface area contributed by atoms with Crippen LogP contribution < -0.4 is 10.6 Å². The number of hydrogen-bond donors (Lipinski definition) is 4. The second-order valence-corrected chi connectivity index (χ2v) is 13.6. The van der Waals surface area contributed by atoms with Gasteiger partial charge in [0.2, 0.25) is 5.91 Å². The summed E-state index contributed by atoms with van der Waals surface area (Å²) in [7, 11) is 4.11. The van der Waals surface area contributed by atoms with Gasteiger partial charge in [-0.25, -0.2) is 0 Å². The number of likely N-dealkylation sites (N-methyl/N-ethyl adjacent to an activating group) is 1. The molecule has 8 nitrogen and oxygen atoms in total. The molecule has 5 rings (SSSR count). The van der Waals surface area contributed by atoms with E-state index in [0.717, 1.165) is 30.8 Å². The van der Waals surface area contributed by atoms with Gasteiger partial charge in [-0.2, -0.15) is 5.06 Å². The van der Waals surface area contributed by atoms with Crippen molar-refractivity contribution in [2.24, 2.45) is 29.1 Å². The maximum absolute atomic E-state index is 14.0. The van der Waals surface area contributed by atoms with Crippen molar-refractivity contribution in [3.05, 3.63) is 29.8 Å². The minimum absolute atomic E-state index is 0.0708. The Kier molecular flexibility index (Phi) is 9.93. The van der Waals surface area contributed by atoms with Gasteiger partial charge >= 0.3 is 0 Å². The summed E-state index contributed by atoms with van der Waals surface area (Å²) in [5, 5.41) is 19.5. The third kappa shape index (κ3) is 6.93. The van der Waals surface area contributed by atoms with Crippen molar-refractivity contribution in [3.63, 3.8) is 0 Å². The summed E-state index contributed by atoms with van der Waals surface area (Å²) in [6.07, 6.45) is 1.07. The molecule has 1 aromatic carbocycles. The number of thiol groups is 1. The Morgan fingerprint density at radius 3 is 2.67 bits per heavy atom. The number of ether oxygens (including phenoxy) is 1. The molecule has 9 atom stereocenters. The van der Waals surface area contributed by atoms with E-state index in [-0.39, 0.29) is 24.0 Å². The monoisotopic (exact) mass is 562 g/mol. The minimum atomic E-state index is -0.746. The molecule has 3 N–H and O–H groups in total. The first kappa shape index (κ1) is 30.6. The molecule has 1 saturated heterocycles. The Morgan fingerprint density at radius 1 is 1.31 bits per heavy atom. The average molecular weight is 563 g/mol. The molecule has 1 heterocycles. The lowest BCUT2D eigenvalue weighted by Crippen LogP contribution is -2.62. The van der Waals surface area contributed by atoms with Gasteiger partial charge in [0.05, 0.1) is 24.7 Å². The third-order valence-corrected chi connectivity index (χ3v) is 9.69. The molecular weight excluding hydrogens is 512 g/mol. The number of amides is 1. The molecule has 3 aliphatic carbocycles. The van der Waals surface area contributed by atoms with Gasteiger partial charge in [-0.1, -0.05) is 32.9 Å². The van der Waals surface area contributed by atoms with Crippen LogP contribution in [0.4, 0.5) is 5.69 Å². The van der Waals surface area contributed by atoms with Gasteiger partial charge in [-0.05, 0) is 81.6 Å². The van der Waals surface area contributed by atoms with E-state index in [2.05, 4.69) is 75.2 Å². The molecule has 3 saturated carbocycles. The van der Waals surface area contributed by atoms with Crippen LogP contribution in [0, 0.1) is 29.1 Å². The molecule has 2 bridgehead atoms. The minimum Gasteiger partial charge on any atom is -0.393 e. The molecule has 0 aromatic heterocycles. The number of fused-ring (bicyclic) bond motifs is 2. The van der Waals surface area contributed by atoms with Gasteiger partial charge in [0.15, 0.2) is 0 Å². The SMILES string of the molecule is CC(S)OC[C@@H]1ON(Cc2cccc(NCCN(C)C)c2)[C@H](C(=O)N[C@H]2CC3CC(C2C)C3(C)C)[C@@H]1[C@H](C)O. The number of carbonyl (C=O) groups excluding carboxylic acids is 1. The summed E-state index contributed by atoms with van der Waals surface area (Å²) >= 11 is 4.35. The summed E-state index contributed by atoms with van der Waals surface area (Å²) in [6.45, 7) is 13.1. The molecule has 0 radical (unpaired) electrons. The molecule has 39 heavy (non-hydrogen) atoms. The summed E-state index contributed by atoms with van der Waals surface area (Å²) < 4.78 is 5.78. The maximum Gasteiger partial charge on any atom is 0.240 e. The molecular formula is C30H50N4O4S. The molecule has 4 aliphatic rings. The lowest BCUT2D eigenvalue weighted by Gasteiger charge is -2.62. The molecule has 9 heteroatoms. The van der Waals surface area contributed by atoms with E-state index in [0.29, 0.717) is 29.7 Å². The van der Waals surface area contributed by atoms with Gasteiger partial charge in [0.25, 0.3) is 0 Å². The highest BCUT2D eigenvalue weighted by Crippen LogP contribution is 2.61. The van der Waals surface area contributed by atoms with Gasteiger partial charge in [-0.15, -0.1) is 12.6 Å². The standard InChI is InChI=1S/C30H50N4O4S/c1-18-24-14-22(30(24,4)5)15-25(18)32-29(36)28-27(19(2)35)26(17-37-20(3)39)38-34(28)16-21-9-8-10-23(13-21)31-11-12-33(6)7/h8-10,13,18-20,22,24-28,31,35,39H,11-12,14-17H2,1-7H3,(H,32,36)/t18?,19-,20?,22?,24?,25-,26-,27+,28-/m0/s1. The first-order valence-electron chi connectivity index (χ1n) is 14.6. The highest BCUT2D eigenvalue weighted by molar-refractivity contribution is 7.80. The third-order valence-electron chi connectivity index (χ3n) is 9.54. The van der Waals surface area contributed by atoms with E-state index < -0.39 is 24.2 Å². The Balaban J connectivity index is 1.52. The van der Waals surface area contributed by atoms with Crippen LogP contribution in [0.2, 0.25) is 0 Å². The molecule has 1 aromatic rings. The van der Waals surface area contributed by atoms with Crippen LogP contribution in [-0.4, -0.2) is 84.5 Å². The highest BCUT2D eigenvalue weighted by atomic mass is 32.1. The number of hydrogen-bond acceptors (Lipinski definition) is 8. The molecule has 1 amide bonds. The van der Waals surface area contributed by atoms with Crippen molar-refractivity contribution in [3.8, 4) is 0 Å². The zero-order valence-corrected chi connectivity index (χ0v) is 25.7. The Labute approximate surface area is 240 Å². The summed E-state index contributed by atoms with van der Waals surface area (Å²) in [6, 6.07) is 7.73. The van der Waals surface area contributed by atoms with Crippen molar-refractivity contribution in [2.45, 2.75) is 83.7 Å². The van der Waals surface area contributed by atoms with Gasteiger partial charge in [0, 0.05) is 30.7 Å². The second-order valence-electron chi connectivity index (χ2n) is 12.9. The van der Waals surface area contributed by atoms with Crippen LogP contribution in [0.5, 0.6) is 0 Å². The largest absolute Gasteiger partial charge is 0.393 e. The van der Waals surface area contributed by atoms with Crippen molar-refractivity contribution < 1.29 is 19.5 Å². The predicted octanol–water partition coefficient (Wildman–Crippen LogP) is 3.62. The summed E-state index contributed by atoms with van der Waals surface area (Å²) in [4.78, 5) is 22.5. The van der Waals surface area contributed by atoms with E-state index in [9.17, 15) is 9.90 Å². The fraction of sp³-hybridized carbons (Fsp3) is 0.767. The van der Waals surface area contributed by atoms with Crippen molar-refractivity contribution in [2.75, 3.05) is 39.1 Å². The smallest absolute Gasteiger partial charge is 0.240 e. The van der Waals surface area contributed by atoms with E-state index >= 15 is 0 Å². The summed E-state index contributed by atoms with van der Waals surface area (Å²) in [5.74, 6) is 1.20. The second kappa shape index (κ2) is 12.7. The van der Waals surface area contributed by atoms with Crippen LogP contribution in [-0.2, 0) is 20.9 Å². The van der Waals surface area contributed by atoms with Crippen LogP contribution in [0.15, 0.2) is 24.3 Å². The number of aliphatic hydroxyl groups is 1. The molecule has 1 aliphatic heterocycles. The number of carbonyl (C=O) groups is 1. The van der Waals surface area contributed by atoms with E-state index in [1.54, 1.807) is 12.0 Å². The Morgan fingerprint density at radius 2 is 2.05 bits per heavy atom. The quantitative estimate of drug-likeness (QED) is 0.229.